The minimum atomic E-state index is -0.603. The molecule has 0 radical (unpaired) electrons. The average molecular weight is 577 g/mol. The number of benzene rings is 2. The van der Waals surface area contributed by atoms with Crippen LogP contribution in [0, 0.1) is 11.6 Å². The lowest BCUT2D eigenvalue weighted by Gasteiger charge is -2.29. The number of rotatable bonds is 5. The van der Waals surface area contributed by atoms with Gasteiger partial charge in [-0.15, -0.1) is 0 Å². The highest BCUT2D eigenvalue weighted by molar-refractivity contribution is 14.2. The van der Waals surface area contributed by atoms with Crippen LogP contribution in [0.3, 0.4) is 0 Å². The van der Waals surface area contributed by atoms with Gasteiger partial charge >= 0.3 is 0 Å². The van der Waals surface area contributed by atoms with Gasteiger partial charge in [0.1, 0.15) is 11.6 Å². The quantitative estimate of drug-likeness (QED) is 0.277. The Bertz CT molecular complexity index is 1270. The van der Waals surface area contributed by atoms with Crippen LogP contribution in [0.1, 0.15) is 18.4 Å². The highest BCUT2D eigenvalue weighted by Gasteiger charge is 2.18. The van der Waals surface area contributed by atoms with E-state index in [-0.39, 0.29) is 6.10 Å². The molecule has 4 nitrogen and oxygen atoms in total. The Morgan fingerprint density at radius 3 is 2.48 bits per heavy atom. The molecule has 33 heavy (non-hydrogen) atoms. The predicted molar refractivity (Wildman–Crippen MR) is 138 cm³/mol. The van der Waals surface area contributed by atoms with Crippen LogP contribution in [0.25, 0.3) is 33.3 Å². The van der Waals surface area contributed by atoms with E-state index >= 15 is 0 Å². The van der Waals surface area contributed by atoms with Gasteiger partial charge in [-0.2, -0.15) is 0 Å². The summed E-state index contributed by atoms with van der Waals surface area (Å²) in [6, 6.07) is 14.0. The molecule has 1 N–H and O–H groups in total. The molecule has 1 saturated heterocycles. The smallest absolute Gasteiger partial charge is 0.151 e. The number of hydrogen-bond donors (Lipinski definition) is 1. The fourth-order valence-corrected chi connectivity index (χ4v) is 5.72. The second kappa shape index (κ2) is 9.69. The fraction of sp³-hybridized carbons (Fsp3) is 0.240. The maximum atomic E-state index is 13.9. The highest BCUT2D eigenvalue weighted by atomic mass is 127. The summed E-state index contributed by atoms with van der Waals surface area (Å²) in [5.74, 6) is -1.21. The number of aromatic nitrogens is 2. The third-order valence-electron chi connectivity index (χ3n) is 6.03. The molecule has 3 heterocycles. The van der Waals surface area contributed by atoms with Crippen LogP contribution in [0.4, 0.5) is 8.78 Å². The van der Waals surface area contributed by atoms with Gasteiger partial charge in [-0.3, -0.25) is 8.87 Å². The number of aliphatic hydroxyl groups excluding tert-OH is 1. The highest BCUT2D eigenvalue weighted by Crippen LogP contribution is 2.36. The molecule has 170 valence electrons. The second-order valence-electron chi connectivity index (χ2n) is 8.42. The van der Waals surface area contributed by atoms with Gasteiger partial charge in [-0.25, -0.2) is 13.8 Å². The van der Waals surface area contributed by atoms with Gasteiger partial charge < -0.3 is 5.11 Å². The summed E-state index contributed by atoms with van der Waals surface area (Å²) in [4.78, 5) is 6.94. The van der Waals surface area contributed by atoms with Crippen LogP contribution in [0.2, 0.25) is 0 Å². The molecular weight excluding hydrogens is 555 g/mol. The van der Waals surface area contributed by atoms with Crippen molar-refractivity contribution in [3.05, 3.63) is 78.1 Å². The van der Waals surface area contributed by atoms with Crippen molar-refractivity contribution >= 4 is 41.4 Å². The van der Waals surface area contributed by atoms with E-state index in [1.807, 2.05) is 22.4 Å². The molecule has 8 heteroatoms. The molecule has 0 spiro atoms. The Morgan fingerprint density at radius 2 is 1.79 bits per heavy atom. The molecule has 4 aromatic rings. The van der Waals surface area contributed by atoms with Gasteiger partial charge in [0.15, 0.2) is 5.65 Å². The van der Waals surface area contributed by atoms with E-state index in [0.717, 1.165) is 66.3 Å². The zero-order valence-electron chi connectivity index (χ0n) is 17.7. The Kier molecular flexibility index (Phi) is 6.69. The van der Waals surface area contributed by atoms with E-state index in [1.165, 1.54) is 26.8 Å². The third kappa shape index (κ3) is 4.94. The summed E-state index contributed by atoms with van der Waals surface area (Å²) in [6.07, 6.45) is 5.37. The molecule has 1 unspecified atom stereocenters. The molecule has 0 saturated carbocycles. The second-order valence-corrected chi connectivity index (χ2v) is 10.1. The van der Waals surface area contributed by atoms with Crippen molar-refractivity contribution in [3.63, 3.8) is 0 Å². The Hall–Kier alpha value is -2.01. The van der Waals surface area contributed by atoms with Gasteiger partial charge in [0, 0.05) is 78.4 Å². The fourth-order valence-electron chi connectivity index (χ4n) is 4.46. The maximum absolute atomic E-state index is 13.9. The lowest BCUT2D eigenvalue weighted by molar-refractivity contribution is 0.0668. The molecule has 2 aromatic carbocycles. The SMILES string of the molecule is OC1CCCN(Cc2ccc(-c3cnc4c(c3)c(-c3cc(F)cc(F)c3)cn4SI)cc2)C1. The van der Waals surface area contributed by atoms with Crippen LogP contribution in [-0.4, -0.2) is 38.2 Å². The van der Waals surface area contributed by atoms with Crippen LogP contribution in [-0.2, 0) is 6.54 Å². The largest absolute Gasteiger partial charge is 0.392 e. The number of fused-ring (bicyclic) bond motifs is 1. The zero-order chi connectivity index (χ0) is 22.9. The van der Waals surface area contributed by atoms with E-state index in [4.69, 9.17) is 0 Å². The summed E-state index contributed by atoms with van der Waals surface area (Å²) in [5.41, 5.74) is 5.14. The van der Waals surface area contributed by atoms with Crippen molar-refractivity contribution in [1.29, 1.82) is 0 Å². The summed E-state index contributed by atoms with van der Waals surface area (Å²) < 4.78 is 29.7. The van der Waals surface area contributed by atoms with Crippen molar-refractivity contribution in [2.75, 3.05) is 13.1 Å². The normalized spacial score (nSPS) is 17.0. The number of aliphatic hydroxyl groups is 1. The van der Waals surface area contributed by atoms with Crippen molar-refractivity contribution < 1.29 is 13.9 Å². The summed E-state index contributed by atoms with van der Waals surface area (Å²) in [6.45, 7) is 2.55. The maximum Gasteiger partial charge on any atom is 0.151 e. The monoisotopic (exact) mass is 577 g/mol. The molecule has 1 aliphatic heterocycles. The molecule has 1 aliphatic rings. The van der Waals surface area contributed by atoms with Crippen molar-refractivity contribution in [3.8, 4) is 22.3 Å². The molecule has 0 aliphatic carbocycles. The van der Waals surface area contributed by atoms with Crippen molar-refractivity contribution in [2.45, 2.75) is 25.5 Å². The molecule has 5 rings (SSSR count). The summed E-state index contributed by atoms with van der Waals surface area (Å²) in [5, 5.41) is 10.7. The lowest BCUT2D eigenvalue weighted by Crippen LogP contribution is -2.37. The van der Waals surface area contributed by atoms with E-state index < -0.39 is 11.6 Å². The van der Waals surface area contributed by atoms with Crippen molar-refractivity contribution in [2.24, 2.45) is 0 Å². The van der Waals surface area contributed by atoms with Gasteiger partial charge in [0.05, 0.1) is 6.10 Å². The number of nitrogens with zero attached hydrogens (tertiary/aromatic N) is 3. The summed E-state index contributed by atoms with van der Waals surface area (Å²) >= 11 is 2.17. The van der Waals surface area contributed by atoms with E-state index in [2.05, 4.69) is 55.4 Å². The standard InChI is InChI=1S/C25H22F2IN3OS/c26-20-8-18(9-21(27)11-20)24-15-31(33-28)25-23(24)10-19(12-29-25)17-5-3-16(4-6-17)13-30-7-1-2-22(32)14-30/h3-6,8-12,15,22,32H,1-2,7,13-14H2. The Morgan fingerprint density at radius 1 is 1.03 bits per heavy atom. The first-order chi connectivity index (χ1) is 16.0. The molecule has 0 amide bonds. The number of β-amino-alcohol motifs (C(OH)–C–C–N with tert-alkyl or cyclic N) is 1. The van der Waals surface area contributed by atoms with Gasteiger partial charge in [-0.1, -0.05) is 24.3 Å². The van der Waals surface area contributed by atoms with Crippen LogP contribution in [0.15, 0.2) is 60.9 Å². The lowest BCUT2D eigenvalue weighted by atomic mass is 10.0. The third-order valence-corrected chi connectivity index (χ3v) is 7.73. The number of likely N-dealkylation sites (tertiary alicyclic amines) is 1. The molecule has 1 fully saturated rings. The van der Waals surface area contributed by atoms with E-state index in [1.54, 1.807) is 0 Å². The van der Waals surface area contributed by atoms with E-state index in [9.17, 15) is 13.9 Å². The molecular formula is C25H22F2IN3OS. The Labute approximate surface area is 207 Å². The van der Waals surface area contributed by atoms with Gasteiger partial charge in [-0.05, 0) is 54.3 Å². The zero-order valence-corrected chi connectivity index (χ0v) is 20.7. The Balaban J connectivity index is 1.47. The average Bonchev–Trinajstić information content (AvgIpc) is 3.17. The first-order valence-electron chi connectivity index (χ1n) is 10.8. The minimum absolute atomic E-state index is 0.232. The number of halogens is 3. The minimum Gasteiger partial charge on any atom is -0.392 e. The number of piperidine rings is 1. The summed E-state index contributed by atoms with van der Waals surface area (Å²) in [7, 11) is 1.46. The predicted octanol–water partition coefficient (Wildman–Crippen LogP) is 6.45. The molecule has 2 aromatic heterocycles. The van der Waals surface area contributed by atoms with Crippen LogP contribution < -0.4 is 0 Å². The number of pyridine rings is 1. The van der Waals surface area contributed by atoms with Crippen LogP contribution >= 0.6 is 30.3 Å². The topological polar surface area (TPSA) is 41.3 Å². The van der Waals surface area contributed by atoms with E-state index in [0.29, 0.717) is 5.56 Å². The molecule has 1 atom stereocenters. The first kappa shape index (κ1) is 22.8. The van der Waals surface area contributed by atoms with Gasteiger partial charge in [0.25, 0.3) is 0 Å². The molecule has 0 bridgehead atoms. The van der Waals surface area contributed by atoms with Crippen LogP contribution in [0.5, 0.6) is 0 Å². The van der Waals surface area contributed by atoms with Crippen molar-refractivity contribution in [1.82, 2.24) is 13.9 Å². The first-order valence-corrected chi connectivity index (χ1v) is 14.1. The number of hydrogen-bond acceptors (Lipinski definition) is 4. The van der Waals surface area contributed by atoms with Gasteiger partial charge in [0.2, 0.25) is 0 Å².